The molecule has 1 aliphatic heterocycles. The summed E-state index contributed by atoms with van der Waals surface area (Å²) >= 11 is 0. The van der Waals surface area contributed by atoms with E-state index in [4.69, 9.17) is 9.84 Å². The second-order valence-electron chi connectivity index (χ2n) is 4.03. The molecule has 1 heterocycles. The van der Waals surface area contributed by atoms with Crippen LogP contribution in [0.3, 0.4) is 0 Å². The number of carbonyl (C=O) groups excluding carboxylic acids is 1. The molecule has 0 spiro atoms. The predicted octanol–water partition coefficient (Wildman–Crippen LogP) is -1.04. The van der Waals surface area contributed by atoms with Gasteiger partial charge in [-0.1, -0.05) is 0 Å². The lowest BCUT2D eigenvalue weighted by Crippen LogP contribution is -2.54. The van der Waals surface area contributed by atoms with Gasteiger partial charge in [-0.3, -0.25) is 4.79 Å². The Balaban J connectivity index is 2.57. The molecular formula is C10H21N2O3+. The number of aliphatic hydroxyl groups excluding tert-OH is 1. The Morgan fingerprint density at radius 2 is 2.27 bits per heavy atom. The first-order valence-electron chi connectivity index (χ1n) is 5.49. The lowest BCUT2D eigenvalue weighted by Gasteiger charge is -2.36. The zero-order valence-electron chi connectivity index (χ0n) is 9.37. The van der Waals surface area contributed by atoms with Crippen LogP contribution in [0.1, 0.15) is 6.42 Å². The molecule has 1 fully saturated rings. The number of quaternary nitrogens is 1. The number of esters is 1. The van der Waals surface area contributed by atoms with Gasteiger partial charge in [-0.15, -0.1) is 0 Å². The number of cyclic esters (lactones) is 1. The number of nitrogens with zero attached hydrogens (tertiary/aromatic N) is 1. The van der Waals surface area contributed by atoms with E-state index in [1.165, 1.54) is 0 Å². The van der Waals surface area contributed by atoms with Crippen molar-refractivity contribution in [3.05, 3.63) is 0 Å². The lowest BCUT2D eigenvalue weighted by atomic mass is 10.2. The average Bonchev–Trinajstić information content (AvgIpc) is 2.40. The molecule has 1 atom stereocenters. The maximum absolute atomic E-state index is 11.1. The van der Waals surface area contributed by atoms with Crippen molar-refractivity contribution in [1.82, 2.24) is 5.32 Å². The van der Waals surface area contributed by atoms with E-state index < -0.39 is 0 Å². The van der Waals surface area contributed by atoms with Gasteiger partial charge < -0.3 is 19.6 Å². The van der Waals surface area contributed by atoms with E-state index in [1.807, 2.05) is 7.05 Å². The summed E-state index contributed by atoms with van der Waals surface area (Å²) in [7, 11) is 1.91. The first-order valence-corrected chi connectivity index (χ1v) is 5.49. The van der Waals surface area contributed by atoms with Gasteiger partial charge in [-0.25, -0.2) is 0 Å². The van der Waals surface area contributed by atoms with Crippen LogP contribution in [0, 0.1) is 0 Å². The minimum Gasteiger partial charge on any atom is -0.460 e. The molecule has 0 amide bonds. The van der Waals surface area contributed by atoms with Crippen molar-refractivity contribution >= 4 is 5.97 Å². The molecule has 0 aliphatic carbocycles. The Bertz CT molecular complexity index is 211. The Morgan fingerprint density at radius 1 is 1.47 bits per heavy atom. The summed E-state index contributed by atoms with van der Waals surface area (Å²) in [4.78, 5) is 11.1. The largest absolute Gasteiger partial charge is 0.460 e. The number of aliphatic hydroxyl groups is 1. The molecule has 0 saturated carbocycles. The quantitative estimate of drug-likeness (QED) is 0.456. The van der Waals surface area contributed by atoms with Crippen molar-refractivity contribution in [1.29, 1.82) is 0 Å². The summed E-state index contributed by atoms with van der Waals surface area (Å²) < 4.78 is 5.81. The third-order valence-electron chi connectivity index (χ3n) is 3.03. The van der Waals surface area contributed by atoms with Crippen LogP contribution in [-0.2, 0) is 9.53 Å². The summed E-state index contributed by atoms with van der Waals surface area (Å²) in [5.41, 5.74) is 0. The molecule has 1 saturated heterocycles. The molecule has 0 aromatic carbocycles. The van der Waals surface area contributed by atoms with Crippen molar-refractivity contribution in [3.63, 3.8) is 0 Å². The summed E-state index contributed by atoms with van der Waals surface area (Å²) in [6.07, 6.45) is 0.462. The fourth-order valence-corrected chi connectivity index (χ4v) is 1.99. The molecule has 0 bridgehead atoms. The third-order valence-corrected chi connectivity index (χ3v) is 3.03. The SMILES string of the molecule is CNCC[N+]1(CCO)CCOC(=O)CC1. The highest BCUT2D eigenvalue weighted by molar-refractivity contribution is 5.69. The van der Waals surface area contributed by atoms with Gasteiger partial charge in [0.15, 0.2) is 0 Å². The van der Waals surface area contributed by atoms with Crippen LogP contribution >= 0.6 is 0 Å². The summed E-state index contributed by atoms with van der Waals surface area (Å²) in [6.45, 7) is 4.77. The van der Waals surface area contributed by atoms with E-state index in [0.29, 0.717) is 19.6 Å². The molecule has 15 heavy (non-hydrogen) atoms. The fraction of sp³-hybridized carbons (Fsp3) is 0.900. The Labute approximate surface area is 90.6 Å². The van der Waals surface area contributed by atoms with E-state index in [1.54, 1.807) is 0 Å². The van der Waals surface area contributed by atoms with Gasteiger partial charge in [0.2, 0.25) is 0 Å². The van der Waals surface area contributed by atoms with Crippen molar-refractivity contribution in [3.8, 4) is 0 Å². The highest BCUT2D eigenvalue weighted by Gasteiger charge is 2.30. The fourth-order valence-electron chi connectivity index (χ4n) is 1.99. The predicted molar refractivity (Wildman–Crippen MR) is 56.3 cm³/mol. The van der Waals surface area contributed by atoms with Crippen LogP contribution in [0.5, 0.6) is 0 Å². The maximum atomic E-state index is 11.1. The van der Waals surface area contributed by atoms with E-state index in [0.717, 1.165) is 30.7 Å². The van der Waals surface area contributed by atoms with Gasteiger partial charge in [0.05, 0.1) is 26.1 Å². The number of likely N-dealkylation sites (N-methyl/N-ethyl adjacent to an activating group) is 1. The molecule has 5 nitrogen and oxygen atoms in total. The first-order chi connectivity index (χ1) is 7.22. The summed E-state index contributed by atoms with van der Waals surface area (Å²) in [6, 6.07) is 0. The maximum Gasteiger partial charge on any atom is 0.311 e. The average molecular weight is 217 g/mol. The number of carbonyl (C=O) groups is 1. The molecule has 88 valence electrons. The van der Waals surface area contributed by atoms with Crippen LogP contribution in [-0.4, -0.2) is 68.5 Å². The van der Waals surface area contributed by atoms with Gasteiger partial charge >= 0.3 is 5.97 Å². The molecule has 1 aliphatic rings. The third kappa shape index (κ3) is 3.77. The molecule has 0 radical (unpaired) electrons. The highest BCUT2D eigenvalue weighted by Crippen LogP contribution is 2.11. The van der Waals surface area contributed by atoms with Crippen LogP contribution in [0.4, 0.5) is 0 Å². The topological polar surface area (TPSA) is 58.6 Å². The van der Waals surface area contributed by atoms with E-state index in [-0.39, 0.29) is 12.6 Å². The minimum absolute atomic E-state index is 0.114. The molecule has 2 N–H and O–H groups in total. The van der Waals surface area contributed by atoms with Gasteiger partial charge in [-0.2, -0.15) is 0 Å². The molecule has 0 aromatic heterocycles. The van der Waals surface area contributed by atoms with Crippen molar-refractivity contribution in [2.24, 2.45) is 0 Å². The van der Waals surface area contributed by atoms with Crippen molar-refractivity contribution in [2.45, 2.75) is 6.42 Å². The first kappa shape index (κ1) is 12.4. The van der Waals surface area contributed by atoms with Gasteiger partial charge in [-0.05, 0) is 7.05 Å². The number of nitrogens with one attached hydrogen (secondary N) is 1. The Hall–Kier alpha value is -0.650. The molecule has 0 aromatic rings. The second-order valence-corrected chi connectivity index (χ2v) is 4.03. The molecular weight excluding hydrogens is 196 g/mol. The van der Waals surface area contributed by atoms with Crippen molar-refractivity contribution < 1.29 is 19.1 Å². The monoisotopic (exact) mass is 217 g/mol. The van der Waals surface area contributed by atoms with Crippen LogP contribution in [0.15, 0.2) is 0 Å². The Morgan fingerprint density at radius 3 is 2.93 bits per heavy atom. The van der Waals surface area contributed by atoms with Gasteiger partial charge in [0, 0.05) is 6.54 Å². The minimum atomic E-state index is -0.114. The van der Waals surface area contributed by atoms with E-state index >= 15 is 0 Å². The highest BCUT2D eigenvalue weighted by atomic mass is 16.5. The van der Waals surface area contributed by atoms with Crippen LogP contribution < -0.4 is 5.32 Å². The van der Waals surface area contributed by atoms with Crippen LogP contribution in [0.25, 0.3) is 0 Å². The smallest absolute Gasteiger partial charge is 0.311 e. The number of ether oxygens (including phenoxy) is 1. The molecule has 5 heteroatoms. The normalized spacial score (nSPS) is 27.2. The zero-order valence-corrected chi connectivity index (χ0v) is 9.37. The standard InChI is InChI=1S/C10H21N2O3/c1-11-3-5-12(6-8-13)4-2-10(14)15-9-7-12/h11,13H,2-9H2,1H3/q+1. The van der Waals surface area contributed by atoms with Crippen molar-refractivity contribution in [2.75, 3.05) is 53.0 Å². The zero-order chi connectivity index (χ0) is 11.1. The van der Waals surface area contributed by atoms with E-state index in [2.05, 4.69) is 5.32 Å². The second kappa shape index (κ2) is 6.05. The summed E-state index contributed by atoms with van der Waals surface area (Å²) in [5, 5.41) is 12.2. The molecule has 1 unspecified atom stereocenters. The van der Waals surface area contributed by atoms with E-state index in [9.17, 15) is 4.79 Å². The van der Waals surface area contributed by atoms with Gasteiger partial charge in [0.25, 0.3) is 0 Å². The summed E-state index contributed by atoms with van der Waals surface area (Å²) in [5.74, 6) is -0.114. The number of hydrogen-bond donors (Lipinski definition) is 2. The van der Waals surface area contributed by atoms with Gasteiger partial charge in [0.1, 0.15) is 19.7 Å². The van der Waals surface area contributed by atoms with Crippen LogP contribution in [0.2, 0.25) is 0 Å². The number of rotatable bonds is 5. The Kier molecular flexibility index (Phi) is 5.01. The molecule has 1 rings (SSSR count). The number of hydrogen-bond acceptors (Lipinski definition) is 4. The lowest BCUT2D eigenvalue weighted by molar-refractivity contribution is -0.925.